The van der Waals surface area contributed by atoms with Gasteiger partial charge in [-0.15, -0.1) is 0 Å². The van der Waals surface area contributed by atoms with Gasteiger partial charge in [0.15, 0.2) is 0 Å². The summed E-state index contributed by atoms with van der Waals surface area (Å²) in [6.07, 6.45) is 2.56. The second kappa shape index (κ2) is 21.1. The molecule has 0 aromatic heterocycles. The lowest BCUT2D eigenvalue weighted by Crippen LogP contribution is -2.29. The predicted octanol–water partition coefficient (Wildman–Crippen LogP) is 7.41. The fourth-order valence-electron chi connectivity index (χ4n) is 3.20. The molecule has 0 aliphatic heterocycles. The van der Waals surface area contributed by atoms with Crippen LogP contribution in [-0.2, 0) is 27.3 Å². The standard InChI is InChI=1S/C21H23NO4.C8H10O.2C2H6/c1-3-16-6-4-7-18(14-16)15-17-9-11-19(12-10-17)21(25)26-22(2)20(24)8-5-13-23;1-7-3-5-8(9-2)6-4-7;2*1-2/h4,6-7,9-14H,3,5,8,15H2,1-2H3;3-6H,1-2H3;2*1-2H3. The van der Waals surface area contributed by atoms with Gasteiger partial charge in [-0.1, -0.05) is 88.7 Å². The molecule has 0 unspecified atom stereocenters. The number of hydrogen-bond donors (Lipinski definition) is 0. The first-order valence-electron chi connectivity index (χ1n) is 13.6. The zero-order chi connectivity index (χ0) is 29.6. The van der Waals surface area contributed by atoms with Crippen LogP contribution in [0.15, 0.2) is 72.8 Å². The third-order valence-corrected chi connectivity index (χ3v) is 5.30. The van der Waals surface area contributed by atoms with E-state index in [9.17, 15) is 14.4 Å². The van der Waals surface area contributed by atoms with Crippen molar-refractivity contribution in [1.82, 2.24) is 5.06 Å². The van der Waals surface area contributed by atoms with Crippen LogP contribution in [-0.4, -0.2) is 37.4 Å². The van der Waals surface area contributed by atoms with Crippen molar-refractivity contribution in [1.29, 1.82) is 0 Å². The Morgan fingerprint density at radius 3 is 1.97 bits per heavy atom. The molecule has 3 aromatic carbocycles. The molecule has 6 nitrogen and oxygen atoms in total. The van der Waals surface area contributed by atoms with E-state index in [1.807, 2.05) is 64.1 Å². The molecule has 39 heavy (non-hydrogen) atoms. The summed E-state index contributed by atoms with van der Waals surface area (Å²) in [5.74, 6) is -0.107. The molecule has 0 heterocycles. The largest absolute Gasteiger partial charge is 0.497 e. The molecular weight excluding hydrogens is 490 g/mol. The first kappa shape index (κ1) is 35.1. The van der Waals surface area contributed by atoms with Crippen LogP contribution in [0.2, 0.25) is 0 Å². The highest BCUT2D eigenvalue weighted by Crippen LogP contribution is 2.14. The number of benzene rings is 3. The maximum absolute atomic E-state index is 12.1. The van der Waals surface area contributed by atoms with E-state index in [1.165, 1.54) is 23.7 Å². The molecule has 1 amide bonds. The van der Waals surface area contributed by atoms with Gasteiger partial charge >= 0.3 is 5.97 Å². The number of rotatable bonds is 8. The van der Waals surface area contributed by atoms with E-state index in [0.717, 1.165) is 29.2 Å². The van der Waals surface area contributed by atoms with Crippen LogP contribution in [0.1, 0.15) is 80.1 Å². The lowest BCUT2D eigenvalue weighted by molar-refractivity contribution is -0.161. The zero-order valence-corrected chi connectivity index (χ0v) is 24.8. The highest BCUT2D eigenvalue weighted by Gasteiger charge is 2.15. The number of carbonyl (C=O) groups excluding carboxylic acids is 3. The minimum atomic E-state index is -0.605. The highest BCUT2D eigenvalue weighted by atomic mass is 16.7. The van der Waals surface area contributed by atoms with Gasteiger partial charge in [0.05, 0.1) is 12.7 Å². The van der Waals surface area contributed by atoms with Crippen molar-refractivity contribution in [2.24, 2.45) is 0 Å². The SMILES string of the molecule is CC.CC.CCc1cccc(Cc2ccc(C(=O)ON(C)C(=O)CCC=O)cc2)c1.COc1ccc(C)cc1. The van der Waals surface area contributed by atoms with Gasteiger partial charge in [-0.2, -0.15) is 5.06 Å². The Labute approximate surface area is 234 Å². The molecule has 212 valence electrons. The molecule has 0 saturated carbocycles. The van der Waals surface area contributed by atoms with Crippen molar-refractivity contribution in [3.8, 4) is 5.75 Å². The summed E-state index contributed by atoms with van der Waals surface area (Å²) in [6, 6.07) is 23.5. The summed E-state index contributed by atoms with van der Waals surface area (Å²) in [6.45, 7) is 12.2. The van der Waals surface area contributed by atoms with Gasteiger partial charge in [0.1, 0.15) is 12.0 Å². The average molecular weight is 536 g/mol. The Kier molecular flexibility index (Phi) is 18.9. The molecule has 0 aliphatic carbocycles. The van der Waals surface area contributed by atoms with Gasteiger partial charge in [-0.05, 0) is 60.7 Å². The summed E-state index contributed by atoms with van der Waals surface area (Å²) in [5, 5.41) is 0.871. The number of ether oxygens (including phenoxy) is 1. The van der Waals surface area contributed by atoms with Crippen molar-refractivity contribution in [2.75, 3.05) is 14.2 Å². The van der Waals surface area contributed by atoms with E-state index in [-0.39, 0.29) is 12.8 Å². The molecule has 0 radical (unpaired) electrons. The van der Waals surface area contributed by atoms with Crippen molar-refractivity contribution >= 4 is 18.2 Å². The fourth-order valence-corrected chi connectivity index (χ4v) is 3.20. The summed E-state index contributed by atoms with van der Waals surface area (Å²) >= 11 is 0. The number of methoxy groups -OCH3 is 1. The third-order valence-electron chi connectivity index (χ3n) is 5.30. The monoisotopic (exact) mass is 535 g/mol. The summed E-state index contributed by atoms with van der Waals surface area (Å²) in [5.41, 5.74) is 5.23. The molecular formula is C33H45NO5. The quantitative estimate of drug-likeness (QED) is 0.222. The van der Waals surface area contributed by atoms with Gasteiger partial charge in [0.25, 0.3) is 5.91 Å². The molecule has 0 saturated heterocycles. The lowest BCUT2D eigenvalue weighted by atomic mass is 10.0. The fraction of sp³-hybridized carbons (Fsp3) is 0.364. The normalized spacial score (nSPS) is 9.23. The molecule has 3 aromatic rings. The number of nitrogens with zero attached hydrogens (tertiary/aromatic N) is 1. The zero-order valence-electron chi connectivity index (χ0n) is 24.8. The smallest absolute Gasteiger partial charge is 0.363 e. The lowest BCUT2D eigenvalue weighted by Gasteiger charge is -2.15. The van der Waals surface area contributed by atoms with Crippen molar-refractivity contribution in [3.05, 3.63) is 101 Å². The summed E-state index contributed by atoms with van der Waals surface area (Å²) in [4.78, 5) is 39.1. The second-order valence-electron chi connectivity index (χ2n) is 8.04. The Morgan fingerprint density at radius 1 is 0.846 bits per heavy atom. The first-order chi connectivity index (χ1) is 18.9. The number of amides is 1. The second-order valence-corrected chi connectivity index (χ2v) is 8.04. The van der Waals surface area contributed by atoms with Crippen LogP contribution < -0.4 is 4.74 Å². The molecule has 0 spiro atoms. The van der Waals surface area contributed by atoms with Gasteiger partial charge < -0.3 is 14.4 Å². The van der Waals surface area contributed by atoms with E-state index < -0.39 is 11.9 Å². The van der Waals surface area contributed by atoms with Crippen molar-refractivity contribution in [2.45, 2.75) is 67.2 Å². The van der Waals surface area contributed by atoms with Crippen LogP contribution in [0.25, 0.3) is 0 Å². The minimum absolute atomic E-state index is 0.0169. The average Bonchev–Trinajstić information content (AvgIpc) is 2.99. The van der Waals surface area contributed by atoms with Crippen LogP contribution >= 0.6 is 0 Å². The number of aldehydes is 1. The van der Waals surface area contributed by atoms with Crippen LogP contribution in [0.4, 0.5) is 0 Å². The molecule has 3 rings (SSSR count). The van der Waals surface area contributed by atoms with Crippen molar-refractivity contribution in [3.63, 3.8) is 0 Å². The van der Waals surface area contributed by atoms with Crippen molar-refractivity contribution < 1.29 is 24.0 Å². The maximum Gasteiger partial charge on any atom is 0.363 e. The predicted molar refractivity (Wildman–Crippen MR) is 159 cm³/mol. The number of hydroxylamine groups is 2. The van der Waals surface area contributed by atoms with Gasteiger partial charge in [-0.25, -0.2) is 4.79 Å². The third kappa shape index (κ3) is 14.0. The molecule has 0 aliphatic rings. The summed E-state index contributed by atoms with van der Waals surface area (Å²) in [7, 11) is 3.03. The molecule has 0 N–H and O–H groups in total. The number of carbonyl (C=O) groups is 3. The van der Waals surface area contributed by atoms with E-state index in [4.69, 9.17) is 9.57 Å². The number of aryl methyl sites for hydroxylation is 2. The van der Waals surface area contributed by atoms with Crippen LogP contribution in [0, 0.1) is 6.92 Å². The van der Waals surface area contributed by atoms with Gasteiger partial charge in [0, 0.05) is 19.9 Å². The van der Waals surface area contributed by atoms with E-state index in [1.54, 1.807) is 19.2 Å². The Morgan fingerprint density at radius 2 is 1.44 bits per heavy atom. The Bertz CT molecular complexity index is 1090. The Hall–Kier alpha value is -3.93. The molecule has 0 atom stereocenters. The van der Waals surface area contributed by atoms with E-state index in [0.29, 0.717) is 11.8 Å². The van der Waals surface area contributed by atoms with Gasteiger partial charge in [-0.3, -0.25) is 4.79 Å². The number of hydrogen-bond acceptors (Lipinski definition) is 5. The van der Waals surface area contributed by atoms with E-state index >= 15 is 0 Å². The minimum Gasteiger partial charge on any atom is -0.497 e. The first-order valence-corrected chi connectivity index (χ1v) is 13.6. The maximum atomic E-state index is 12.1. The van der Waals surface area contributed by atoms with Crippen LogP contribution in [0.5, 0.6) is 5.75 Å². The summed E-state index contributed by atoms with van der Waals surface area (Å²) < 4.78 is 4.97. The van der Waals surface area contributed by atoms with Gasteiger partial charge in [0.2, 0.25) is 0 Å². The topological polar surface area (TPSA) is 72.9 Å². The van der Waals surface area contributed by atoms with Crippen LogP contribution in [0.3, 0.4) is 0 Å². The van der Waals surface area contributed by atoms with E-state index in [2.05, 4.69) is 38.1 Å². The Balaban J connectivity index is 0.000000924. The highest BCUT2D eigenvalue weighted by molar-refractivity contribution is 5.90. The molecule has 0 bridgehead atoms. The molecule has 0 fully saturated rings. The molecule has 6 heteroatoms.